The Kier molecular flexibility index (Phi) is 4.42. The molecule has 1 aromatic carbocycles. The van der Waals surface area contributed by atoms with Crippen LogP contribution in [-0.4, -0.2) is 37.2 Å². The molecule has 1 saturated heterocycles. The number of hydrogen-bond acceptors (Lipinski definition) is 3. The summed E-state index contributed by atoms with van der Waals surface area (Å²) < 4.78 is 18.7. The summed E-state index contributed by atoms with van der Waals surface area (Å²) in [5.74, 6) is 0.0238. The molecule has 0 amide bonds. The Bertz CT molecular complexity index is 438. The molecule has 1 fully saturated rings. The molecule has 19 heavy (non-hydrogen) atoms. The standard InChI is InChI=1S/C15H23FN2O/c1-4-15(2)11-17-7-8-18(15)10-12-5-6-14(19-3)13(16)9-12/h5-6,9,17H,4,7-8,10-11H2,1-3H3. The van der Waals surface area contributed by atoms with Gasteiger partial charge in [-0.1, -0.05) is 13.0 Å². The zero-order valence-electron chi connectivity index (χ0n) is 12.0. The Labute approximate surface area is 114 Å². The molecule has 0 bridgehead atoms. The number of methoxy groups -OCH3 is 1. The fourth-order valence-corrected chi connectivity index (χ4v) is 2.60. The number of ether oxygens (including phenoxy) is 1. The molecular formula is C15H23FN2O. The summed E-state index contributed by atoms with van der Waals surface area (Å²) in [5.41, 5.74) is 1.15. The Morgan fingerprint density at radius 2 is 2.26 bits per heavy atom. The third kappa shape index (κ3) is 3.07. The van der Waals surface area contributed by atoms with E-state index in [4.69, 9.17) is 4.74 Å². The highest BCUT2D eigenvalue weighted by atomic mass is 19.1. The summed E-state index contributed by atoms with van der Waals surface area (Å²) in [6.07, 6.45) is 1.08. The van der Waals surface area contributed by atoms with Crippen molar-refractivity contribution < 1.29 is 9.13 Å². The zero-order chi connectivity index (χ0) is 13.9. The van der Waals surface area contributed by atoms with E-state index in [1.54, 1.807) is 12.1 Å². The van der Waals surface area contributed by atoms with E-state index in [9.17, 15) is 4.39 Å². The Balaban J connectivity index is 2.13. The van der Waals surface area contributed by atoms with Gasteiger partial charge in [0.1, 0.15) is 0 Å². The summed E-state index contributed by atoms with van der Waals surface area (Å²) in [7, 11) is 1.49. The van der Waals surface area contributed by atoms with Crippen LogP contribution >= 0.6 is 0 Å². The number of piperazine rings is 1. The van der Waals surface area contributed by atoms with Gasteiger partial charge in [-0.15, -0.1) is 0 Å². The number of rotatable bonds is 4. The lowest BCUT2D eigenvalue weighted by atomic mass is 9.93. The van der Waals surface area contributed by atoms with Gasteiger partial charge in [-0.3, -0.25) is 4.90 Å². The minimum absolute atomic E-state index is 0.147. The number of benzene rings is 1. The van der Waals surface area contributed by atoms with Gasteiger partial charge < -0.3 is 10.1 Å². The number of hydrogen-bond donors (Lipinski definition) is 1. The van der Waals surface area contributed by atoms with Crippen LogP contribution in [0.2, 0.25) is 0 Å². The average Bonchev–Trinajstić information content (AvgIpc) is 2.42. The highest BCUT2D eigenvalue weighted by Gasteiger charge is 2.32. The molecule has 1 unspecified atom stereocenters. The van der Waals surface area contributed by atoms with E-state index in [1.165, 1.54) is 7.11 Å². The van der Waals surface area contributed by atoms with Gasteiger partial charge >= 0.3 is 0 Å². The predicted molar refractivity (Wildman–Crippen MR) is 74.9 cm³/mol. The first-order valence-electron chi connectivity index (χ1n) is 6.87. The minimum Gasteiger partial charge on any atom is -0.494 e. The second-order valence-electron chi connectivity index (χ2n) is 5.42. The second kappa shape index (κ2) is 5.88. The molecule has 1 atom stereocenters. The minimum atomic E-state index is -0.284. The van der Waals surface area contributed by atoms with E-state index in [0.29, 0.717) is 5.75 Å². The van der Waals surface area contributed by atoms with E-state index in [-0.39, 0.29) is 11.4 Å². The van der Waals surface area contributed by atoms with Crippen molar-refractivity contribution in [3.63, 3.8) is 0 Å². The maximum Gasteiger partial charge on any atom is 0.165 e. The van der Waals surface area contributed by atoms with Crippen molar-refractivity contribution in [2.75, 3.05) is 26.7 Å². The van der Waals surface area contributed by atoms with Crippen molar-refractivity contribution in [2.45, 2.75) is 32.4 Å². The summed E-state index contributed by atoms with van der Waals surface area (Å²) >= 11 is 0. The summed E-state index contributed by atoms with van der Waals surface area (Å²) in [6, 6.07) is 5.23. The van der Waals surface area contributed by atoms with Gasteiger partial charge in [-0.05, 0) is 31.0 Å². The molecule has 1 aliphatic rings. The van der Waals surface area contributed by atoms with Gasteiger partial charge in [0.05, 0.1) is 7.11 Å². The largest absolute Gasteiger partial charge is 0.494 e. The van der Waals surface area contributed by atoms with E-state index in [2.05, 4.69) is 24.1 Å². The lowest BCUT2D eigenvalue weighted by Crippen LogP contribution is -2.58. The number of halogens is 1. The van der Waals surface area contributed by atoms with Crippen LogP contribution in [0.15, 0.2) is 18.2 Å². The van der Waals surface area contributed by atoms with Crippen LogP contribution in [0, 0.1) is 5.82 Å². The quantitative estimate of drug-likeness (QED) is 0.905. The van der Waals surface area contributed by atoms with Crippen LogP contribution < -0.4 is 10.1 Å². The van der Waals surface area contributed by atoms with Gasteiger partial charge in [0.2, 0.25) is 0 Å². The Morgan fingerprint density at radius 3 is 2.89 bits per heavy atom. The van der Waals surface area contributed by atoms with Crippen LogP contribution in [0.25, 0.3) is 0 Å². The molecule has 1 N–H and O–H groups in total. The molecule has 0 radical (unpaired) electrons. The number of nitrogens with one attached hydrogen (secondary N) is 1. The van der Waals surface area contributed by atoms with Crippen LogP contribution in [0.1, 0.15) is 25.8 Å². The molecule has 1 heterocycles. The first kappa shape index (κ1) is 14.3. The summed E-state index contributed by atoms with van der Waals surface area (Å²) in [4.78, 5) is 2.44. The summed E-state index contributed by atoms with van der Waals surface area (Å²) in [6.45, 7) is 8.23. The van der Waals surface area contributed by atoms with E-state index in [0.717, 1.165) is 38.2 Å². The van der Waals surface area contributed by atoms with Crippen molar-refractivity contribution in [1.82, 2.24) is 10.2 Å². The van der Waals surface area contributed by atoms with Gasteiger partial charge in [-0.2, -0.15) is 0 Å². The third-order valence-corrected chi connectivity index (χ3v) is 4.18. The topological polar surface area (TPSA) is 24.5 Å². The van der Waals surface area contributed by atoms with Crippen molar-refractivity contribution in [3.05, 3.63) is 29.6 Å². The lowest BCUT2D eigenvalue weighted by molar-refractivity contribution is 0.0636. The predicted octanol–water partition coefficient (Wildman–Crippen LogP) is 2.41. The van der Waals surface area contributed by atoms with Crippen LogP contribution in [-0.2, 0) is 6.54 Å². The third-order valence-electron chi connectivity index (χ3n) is 4.18. The monoisotopic (exact) mass is 266 g/mol. The highest BCUT2D eigenvalue weighted by Crippen LogP contribution is 2.25. The van der Waals surface area contributed by atoms with Crippen LogP contribution in [0.3, 0.4) is 0 Å². The lowest BCUT2D eigenvalue weighted by Gasteiger charge is -2.45. The van der Waals surface area contributed by atoms with Gasteiger partial charge in [-0.25, -0.2) is 4.39 Å². The maximum atomic E-state index is 13.7. The molecule has 3 nitrogen and oxygen atoms in total. The van der Waals surface area contributed by atoms with E-state index < -0.39 is 0 Å². The van der Waals surface area contributed by atoms with Gasteiger partial charge in [0.25, 0.3) is 0 Å². The Morgan fingerprint density at radius 1 is 1.47 bits per heavy atom. The summed E-state index contributed by atoms with van der Waals surface area (Å²) in [5, 5.41) is 3.44. The second-order valence-corrected chi connectivity index (χ2v) is 5.42. The molecule has 2 rings (SSSR count). The van der Waals surface area contributed by atoms with E-state index in [1.807, 2.05) is 6.07 Å². The normalized spacial score (nSPS) is 24.4. The average molecular weight is 266 g/mol. The fraction of sp³-hybridized carbons (Fsp3) is 0.600. The zero-order valence-corrected chi connectivity index (χ0v) is 12.0. The van der Waals surface area contributed by atoms with Crippen molar-refractivity contribution >= 4 is 0 Å². The first-order chi connectivity index (χ1) is 9.09. The highest BCUT2D eigenvalue weighted by molar-refractivity contribution is 5.29. The fourth-order valence-electron chi connectivity index (χ4n) is 2.60. The number of nitrogens with zero attached hydrogens (tertiary/aromatic N) is 1. The molecule has 0 spiro atoms. The van der Waals surface area contributed by atoms with Gasteiger partial charge in [0, 0.05) is 31.7 Å². The molecular weight excluding hydrogens is 243 g/mol. The van der Waals surface area contributed by atoms with Gasteiger partial charge in [0.15, 0.2) is 11.6 Å². The molecule has 1 aromatic rings. The van der Waals surface area contributed by atoms with Crippen LogP contribution in [0.4, 0.5) is 4.39 Å². The smallest absolute Gasteiger partial charge is 0.165 e. The van der Waals surface area contributed by atoms with Crippen molar-refractivity contribution in [1.29, 1.82) is 0 Å². The molecule has 0 saturated carbocycles. The van der Waals surface area contributed by atoms with Crippen molar-refractivity contribution in [3.8, 4) is 5.75 Å². The van der Waals surface area contributed by atoms with E-state index >= 15 is 0 Å². The SMILES string of the molecule is CCC1(C)CNCCN1Cc1ccc(OC)c(F)c1. The molecule has 106 valence electrons. The van der Waals surface area contributed by atoms with Crippen molar-refractivity contribution in [2.24, 2.45) is 0 Å². The molecule has 0 aromatic heterocycles. The Hall–Kier alpha value is -1.13. The molecule has 4 heteroatoms. The van der Waals surface area contributed by atoms with Crippen LogP contribution in [0.5, 0.6) is 5.75 Å². The molecule has 1 aliphatic heterocycles. The maximum absolute atomic E-state index is 13.7. The first-order valence-corrected chi connectivity index (χ1v) is 6.87. The molecule has 0 aliphatic carbocycles.